The fourth-order valence-electron chi connectivity index (χ4n) is 2.45. The number of unbranched alkanes of at least 4 members (excludes halogenated alkanes) is 2. The van der Waals surface area contributed by atoms with E-state index in [9.17, 15) is 9.59 Å². The topological polar surface area (TPSA) is 49.4 Å². The summed E-state index contributed by atoms with van der Waals surface area (Å²) in [6.45, 7) is 2.11. The van der Waals surface area contributed by atoms with Gasteiger partial charge in [0.2, 0.25) is 5.91 Å². The molecule has 0 atom stereocenters. The summed E-state index contributed by atoms with van der Waals surface area (Å²) in [6.07, 6.45) is 3.53. The Morgan fingerprint density at radius 2 is 1.75 bits per heavy atom. The molecule has 0 bridgehead atoms. The molecule has 2 rings (SSSR count). The summed E-state index contributed by atoms with van der Waals surface area (Å²) in [5.74, 6) is -0.118. The van der Waals surface area contributed by atoms with Gasteiger partial charge in [0, 0.05) is 30.4 Å². The van der Waals surface area contributed by atoms with Gasteiger partial charge in [0.25, 0.3) is 5.91 Å². The van der Waals surface area contributed by atoms with Crippen LogP contribution in [0.2, 0.25) is 0 Å². The normalized spacial score (nSPS) is 10.2. The van der Waals surface area contributed by atoms with Crippen molar-refractivity contribution in [1.29, 1.82) is 0 Å². The van der Waals surface area contributed by atoms with E-state index >= 15 is 0 Å². The van der Waals surface area contributed by atoms with Crippen molar-refractivity contribution < 1.29 is 9.59 Å². The van der Waals surface area contributed by atoms with E-state index in [0.717, 1.165) is 24.9 Å². The minimum atomic E-state index is -0.108. The molecule has 1 N–H and O–H groups in total. The maximum Gasteiger partial charge on any atom is 0.258 e. The monoisotopic (exact) mass is 324 g/mol. The summed E-state index contributed by atoms with van der Waals surface area (Å²) in [7, 11) is 1.74. The van der Waals surface area contributed by atoms with E-state index in [0.29, 0.717) is 17.7 Å². The van der Waals surface area contributed by atoms with Crippen LogP contribution >= 0.6 is 0 Å². The molecule has 2 amide bonds. The van der Waals surface area contributed by atoms with Crippen LogP contribution in [0.25, 0.3) is 0 Å². The van der Waals surface area contributed by atoms with Crippen molar-refractivity contribution in [2.24, 2.45) is 0 Å². The average Bonchev–Trinajstić information content (AvgIpc) is 2.61. The van der Waals surface area contributed by atoms with E-state index in [2.05, 4.69) is 12.2 Å². The predicted molar refractivity (Wildman–Crippen MR) is 98.4 cm³/mol. The summed E-state index contributed by atoms with van der Waals surface area (Å²) >= 11 is 0. The van der Waals surface area contributed by atoms with Gasteiger partial charge in [-0.2, -0.15) is 0 Å². The lowest BCUT2D eigenvalue weighted by atomic mass is 10.1. The molecule has 2 aromatic carbocycles. The van der Waals surface area contributed by atoms with Crippen LogP contribution in [0.5, 0.6) is 0 Å². The first-order valence-corrected chi connectivity index (χ1v) is 8.35. The molecule has 0 saturated heterocycles. The molecule has 0 saturated carbocycles. The van der Waals surface area contributed by atoms with Crippen LogP contribution in [0.1, 0.15) is 43.0 Å². The van der Waals surface area contributed by atoms with Crippen LogP contribution in [0.3, 0.4) is 0 Å². The van der Waals surface area contributed by atoms with Gasteiger partial charge in [-0.3, -0.25) is 9.59 Å². The number of amides is 2. The van der Waals surface area contributed by atoms with E-state index in [1.807, 2.05) is 30.3 Å². The molecule has 0 spiro atoms. The van der Waals surface area contributed by atoms with Crippen molar-refractivity contribution >= 4 is 23.2 Å². The van der Waals surface area contributed by atoms with Gasteiger partial charge < -0.3 is 10.2 Å². The third-order valence-electron chi connectivity index (χ3n) is 3.85. The first-order valence-electron chi connectivity index (χ1n) is 8.35. The molecule has 0 aliphatic heterocycles. The third kappa shape index (κ3) is 4.95. The highest BCUT2D eigenvalue weighted by Gasteiger charge is 2.14. The second kappa shape index (κ2) is 8.87. The van der Waals surface area contributed by atoms with E-state index in [1.165, 1.54) is 0 Å². The van der Waals surface area contributed by atoms with Crippen molar-refractivity contribution in [3.8, 4) is 0 Å². The zero-order valence-corrected chi connectivity index (χ0v) is 14.3. The third-order valence-corrected chi connectivity index (χ3v) is 3.85. The Morgan fingerprint density at radius 1 is 1.00 bits per heavy atom. The molecular formula is C20H24N2O2. The lowest BCUT2D eigenvalue weighted by Crippen LogP contribution is -2.26. The Morgan fingerprint density at radius 3 is 2.46 bits per heavy atom. The number of carbonyl (C=O) groups excluding carboxylic acids is 2. The molecule has 24 heavy (non-hydrogen) atoms. The summed E-state index contributed by atoms with van der Waals surface area (Å²) in [6, 6.07) is 16.5. The highest BCUT2D eigenvalue weighted by Crippen LogP contribution is 2.17. The lowest BCUT2D eigenvalue weighted by molar-refractivity contribution is -0.116. The number of benzene rings is 2. The minimum absolute atomic E-state index is 0.00976. The molecule has 0 aliphatic carbocycles. The van der Waals surface area contributed by atoms with Gasteiger partial charge >= 0.3 is 0 Å². The molecular weight excluding hydrogens is 300 g/mol. The van der Waals surface area contributed by atoms with Crippen molar-refractivity contribution in [2.75, 3.05) is 17.3 Å². The van der Waals surface area contributed by atoms with Crippen molar-refractivity contribution in [2.45, 2.75) is 32.6 Å². The van der Waals surface area contributed by atoms with Gasteiger partial charge in [0.15, 0.2) is 0 Å². The Hall–Kier alpha value is -2.62. The smallest absolute Gasteiger partial charge is 0.258 e. The van der Waals surface area contributed by atoms with E-state index in [1.54, 1.807) is 36.2 Å². The van der Waals surface area contributed by atoms with Crippen LogP contribution < -0.4 is 10.2 Å². The number of hydrogen-bond acceptors (Lipinski definition) is 2. The number of rotatable bonds is 7. The fraction of sp³-hybridized carbons (Fsp3) is 0.300. The maximum absolute atomic E-state index is 12.6. The van der Waals surface area contributed by atoms with Crippen LogP contribution in [-0.4, -0.2) is 18.9 Å². The second-order valence-electron chi connectivity index (χ2n) is 5.79. The highest BCUT2D eigenvalue weighted by molar-refractivity contribution is 6.06. The average molecular weight is 324 g/mol. The predicted octanol–water partition coefficient (Wildman–Crippen LogP) is 4.48. The van der Waals surface area contributed by atoms with Gasteiger partial charge in [0.1, 0.15) is 0 Å². The Bertz CT molecular complexity index is 683. The van der Waals surface area contributed by atoms with Gasteiger partial charge in [-0.25, -0.2) is 0 Å². The van der Waals surface area contributed by atoms with Crippen LogP contribution in [0, 0.1) is 0 Å². The summed E-state index contributed by atoms with van der Waals surface area (Å²) in [5.41, 5.74) is 2.04. The number of nitrogens with one attached hydrogen (secondary N) is 1. The van der Waals surface area contributed by atoms with Gasteiger partial charge in [-0.05, 0) is 36.8 Å². The highest BCUT2D eigenvalue weighted by atomic mass is 16.2. The Balaban J connectivity index is 2.04. The minimum Gasteiger partial charge on any atom is -0.326 e. The van der Waals surface area contributed by atoms with Crippen molar-refractivity contribution in [1.82, 2.24) is 0 Å². The van der Waals surface area contributed by atoms with Crippen molar-refractivity contribution in [3.05, 3.63) is 60.2 Å². The lowest BCUT2D eigenvalue weighted by Gasteiger charge is -2.17. The molecule has 0 aliphatic rings. The number of hydrogen-bond donors (Lipinski definition) is 1. The van der Waals surface area contributed by atoms with Crippen LogP contribution in [-0.2, 0) is 4.79 Å². The molecule has 0 radical (unpaired) electrons. The summed E-state index contributed by atoms with van der Waals surface area (Å²) < 4.78 is 0. The number of anilines is 2. The van der Waals surface area contributed by atoms with Crippen LogP contribution in [0.15, 0.2) is 54.6 Å². The molecule has 0 aromatic heterocycles. The molecule has 0 heterocycles. The van der Waals surface area contributed by atoms with Gasteiger partial charge in [-0.15, -0.1) is 0 Å². The van der Waals surface area contributed by atoms with E-state index < -0.39 is 0 Å². The second-order valence-corrected chi connectivity index (χ2v) is 5.79. The fourth-order valence-corrected chi connectivity index (χ4v) is 2.45. The Kier molecular flexibility index (Phi) is 6.55. The summed E-state index contributed by atoms with van der Waals surface area (Å²) in [4.78, 5) is 26.1. The van der Waals surface area contributed by atoms with E-state index in [4.69, 9.17) is 0 Å². The molecule has 0 unspecified atom stereocenters. The molecule has 0 fully saturated rings. The zero-order valence-electron chi connectivity index (χ0n) is 14.3. The van der Waals surface area contributed by atoms with E-state index in [-0.39, 0.29) is 11.8 Å². The van der Waals surface area contributed by atoms with Gasteiger partial charge in [-0.1, -0.05) is 44.0 Å². The molecule has 126 valence electrons. The SMILES string of the molecule is CCCCCC(=O)Nc1cccc(C(=O)N(C)c2ccccc2)c1. The van der Waals surface area contributed by atoms with Gasteiger partial charge in [0.05, 0.1) is 0 Å². The van der Waals surface area contributed by atoms with Crippen LogP contribution in [0.4, 0.5) is 11.4 Å². The quantitative estimate of drug-likeness (QED) is 0.763. The summed E-state index contributed by atoms with van der Waals surface area (Å²) in [5, 5.41) is 2.87. The number of carbonyl (C=O) groups is 2. The number of para-hydroxylation sites is 1. The molecule has 4 heteroatoms. The largest absolute Gasteiger partial charge is 0.326 e. The zero-order chi connectivity index (χ0) is 17.4. The standard InChI is InChI=1S/C20H24N2O2/c1-3-4-6-14-19(23)21-17-11-9-10-16(15-17)20(24)22(2)18-12-7-5-8-13-18/h5,7-13,15H,3-4,6,14H2,1-2H3,(H,21,23). The first kappa shape index (κ1) is 17.7. The first-order chi connectivity index (χ1) is 11.6. The van der Waals surface area contributed by atoms with Crippen molar-refractivity contribution in [3.63, 3.8) is 0 Å². The maximum atomic E-state index is 12.6. The molecule has 2 aromatic rings. The molecule has 4 nitrogen and oxygen atoms in total. The number of nitrogens with zero attached hydrogens (tertiary/aromatic N) is 1. The Labute approximate surface area is 143 Å².